The van der Waals surface area contributed by atoms with Crippen LogP contribution in [0.3, 0.4) is 0 Å². The number of carbonyl (C=O) groups excluding carboxylic acids is 1. The van der Waals surface area contributed by atoms with Crippen LogP contribution in [0.2, 0.25) is 0 Å². The maximum atomic E-state index is 11.7. The predicted molar refractivity (Wildman–Crippen MR) is 137 cm³/mol. The van der Waals surface area contributed by atoms with Gasteiger partial charge in [-0.25, -0.2) is 0 Å². The lowest BCUT2D eigenvalue weighted by Gasteiger charge is -2.12. The minimum absolute atomic E-state index is 0. The Morgan fingerprint density at radius 3 is 2.30 bits per heavy atom. The lowest BCUT2D eigenvalue weighted by Crippen LogP contribution is -2.38. The first-order chi connectivity index (χ1) is 14.0. The van der Waals surface area contributed by atoms with E-state index in [2.05, 4.69) is 59.1 Å². The Balaban J connectivity index is 0.00000450. The van der Waals surface area contributed by atoms with Gasteiger partial charge in [-0.3, -0.25) is 9.79 Å². The SMILES string of the molecule is CN=C(NCCCc1ccc(C(C)C)cc1)NCCc1cccc(C(=O)NC)c1.I. The van der Waals surface area contributed by atoms with Crippen molar-refractivity contribution in [2.75, 3.05) is 27.2 Å². The number of benzene rings is 2. The van der Waals surface area contributed by atoms with E-state index in [1.54, 1.807) is 14.1 Å². The van der Waals surface area contributed by atoms with E-state index >= 15 is 0 Å². The summed E-state index contributed by atoms with van der Waals surface area (Å²) in [5, 5.41) is 9.36. The Labute approximate surface area is 198 Å². The second-order valence-electron chi connectivity index (χ2n) is 7.46. The quantitative estimate of drug-likeness (QED) is 0.201. The van der Waals surface area contributed by atoms with Crippen molar-refractivity contribution in [2.24, 2.45) is 4.99 Å². The molecule has 0 heterocycles. The highest BCUT2D eigenvalue weighted by atomic mass is 127. The van der Waals surface area contributed by atoms with Crippen molar-refractivity contribution < 1.29 is 4.79 Å². The molecule has 0 aliphatic heterocycles. The summed E-state index contributed by atoms with van der Waals surface area (Å²) in [6.45, 7) is 6.07. The molecule has 0 aliphatic rings. The molecular weight excluding hydrogens is 487 g/mol. The molecule has 0 atom stereocenters. The van der Waals surface area contributed by atoms with Gasteiger partial charge in [0.05, 0.1) is 0 Å². The number of rotatable bonds is 9. The van der Waals surface area contributed by atoms with Crippen LogP contribution in [-0.2, 0) is 12.8 Å². The number of halogens is 1. The van der Waals surface area contributed by atoms with Crippen LogP contribution in [0.15, 0.2) is 53.5 Å². The molecule has 5 nitrogen and oxygen atoms in total. The molecule has 0 aromatic heterocycles. The zero-order valence-electron chi connectivity index (χ0n) is 18.5. The summed E-state index contributed by atoms with van der Waals surface area (Å²) in [4.78, 5) is 16.0. The zero-order valence-corrected chi connectivity index (χ0v) is 20.8. The van der Waals surface area contributed by atoms with Crippen molar-refractivity contribution in [2.45, 2.75) is 39.0 Å². The molecule has 0 spiro atoms. The second kappa shape index (κ2) is 14.0. The van der Waals surface area contributed by atoms with Crippen molar-refractivity contribution in [3.8, 4) is 0 Å². The fourth-order valence-electron chi connectivity index (χ4n) is 3.13. The van der Waals surface area contributed by atoms with E-state index in [0.717, 1.165) is 43.9 Å². The first-order valence-corrected chi connectivity index (χ1v) is 10.4. The third-order valence-electron chi connectivity index (χ3n) is 4.93. The topological polar surface area (TPSA) is 65.5 Å². The van der Waals surface area contributed by atoms with Gasteiger partial charge in [-0.2, -0.15) is 0 Å². The molecule has 30 heavy (non-hydrogen) atoms. The van der Waals surface area contributed by atoms with Crippen molar-refractivity contribution in [1.82, 2.24) is 16.0 Å². The monoisotopic (exact) mass is 522 g/mol. The molecule has 0 aliphatic carbocycles. The van der Waals surface area contributed by atoms with Crippen molar-refractivity contribution in [3.63, 3.8) is 0 Å². The van der Waals surface area contributed by atoms with Gasteiger partial charge in [0.2, 0.25) is 0 Å². The van der Waals surface area contributed by atoms with Gasteiger partial charge in [-0.1, -0.05) is 50.2 Å². The van der Waals surface area contributed by atoms with E-state index in [4.69, 9.17) is 0 Å². The number of nitrogens with zero attached hydrogens (tertiary/aromatic N) is 1. The molecular formula is C24H35IN4O. The number of aliphatic imine (C=N–C) groups is 1. The Morgan fingerprint density at radius 1 is 0.967 bits per heavy atom. The molecule has 6 heteroatoms. The summed E-state index contributed by atoms with van der Waals surface area (Å²) < 4.78 is 0. The summed E-state index contributed by atoms with van der Waals surface area (Å²) in [7, 11) is 3.43. The van der Waals surface area contributed by atoms with Crippen LogP contribution in [-0.4, -0.2) is 39.1 Å². The van der Waals surface area contributed by atoms with E-state index in [1.807, 2.05) is 24.3 Å². The van der Waals surface area contributed by atoms with Crippen LogP contribution in [0, 0.1) is 0 Å². The van der Waals surface area contributed by atoms with Gasteiger partial charge in [-0.15, -0.1) is 24.0 Å². The molecule has 0 fully saturated rings. The molecule has 0 radical (unpaired) electrons. The first kappa shape index (κ1) is 25.9. The van der Waals surface area contributed by atoms with Crippen LogP contribution in [0.4, 0.5) is 0 Å². The van der Waals surface area contributed by atoms with Gasteiger partial charge in [0, 0.05) is 32.7 Å². The fraction of sp³-hybridized carbons (Fsp3) is 0.417. The molecule has 2 aromatic rings. The van der Waals surface area contributed by atoms with Crippen LogP contribution < -0.4 is 16.0 Å². The lowest BCUT2D eigenvalue weighted by molar-refractivity contribution is 0.0963. The van der Waals surface area contributed by atoms with E-state index in [0.29, 0.717) is 11.5 Å². The highest BCUT2D eigenvalue weighted by molar-refractivity contribution is 14.0. The van der Waals surface area contributed by atoms with E-state index in [1.165, 1.54) is 11.1 Å². The van der Waals surface area contributed by atoms with Crippen molar-refractivity contribution >= 4 is 35.8 Å². The third-order valence-corrected chi connectivity index (χ3v) is 4.93. The summed E-state index contributed by atoms with van der Waals surface area (Å²) in [6.07, 6.45) is 2.93. The Morgan fingerprint density at radius 2 is 1.67 bits per heavy atom. The lowest BCUT2D eigenvalue weighted by atomic mass is 10.0. The van der Waals surface area contributed by atoms with Gasteiger partial charge in [-0.05, 0) is 54.0 Å². The molecule has 3 N–H and O–H groups in total. The maximum Gasteiger partial charge on any atom is 0.251 e. The summed E-state index contributed by atoms with van der Waals surface area (Å²) in [5.41, 5.74) is 4.57. The number of nitrogens with one attached hydrogen (secondary N) is 3. The fourth-order valence-corrected chi connectivity index (χ4v) is 3.13. The number of carbonyl (C=O) groups is 1. The maximum absolute atomic E-state index is 11.7. The minimum atomic E-state index is -0.0591. The number of guanidine groups is 1. The summed E-state index contributed by atoms with van der Waals surface area (Å²) >= 11 is 0. The van der Waals surface area contributed by atoms with E-state index in [9.17, 15) is 4.79 Å². The Hall–Kier alpha value is -2.09. The highest BCUT2D eigenvalue weighted by Gasteiger charge is 2.04. The molecule has 0 saturated carbocycles. The van der Waals surface area contributed by atoms with Gasteiger partial charge in [0.25, 0.3) is 5.91 Å². The average molecular weight is 522 g/mol. The number of hydrogen-bond donors (Lipinski definition) is 3. The molecule has 2 rings (SSSR count). The van der Waals surface area contributed by atoms with Gasteiger partial charge >= 0.3 is 0 Å². The normalized spacial score (nSPS) is 11.0. The number of amides is 1. The van der Waals surface area contributed by atoms with Crippen LogP contribution in [0.1, 0.15) is 53.2 Å². The number of aryl methyl sites for hydroxylation is 1. The zero-order chi connectivity index (χ0) is 21.1. The molecule has 164 valence electrons. The van der Waals surface area contributed by atoms with Crippen LogP contribution in [0.5, 0.6) is 0 Å². The van der Waals surface area contributed by atoms with Gasteiger partial charge in [0.1, 0.15) is 0 Å². The minimum Gasteiger partial charge on any atom is -0.356 e. The van der Waals surface area contributed by atoms with Gasteiger partial charge in [0.15, 0.2) is 5.96 Å². The summed E-state index contributed by atoms with van der Waals surface area (Å²) in [6, 6.07) is 16.6. The number of hydrogen-bond acceptors (Lipinski definition) is 2. The van der Waals surface area contributed by atoms with E-state index in [-0.39, 0.29) is 29.9 Å². The molecule has 0 saturated heterocycles. The smallest absolute Gasteiger partial charge is 0.251 e. The van der Waals surface area contributed by atoms with Crippen LogP contribution >= 0.6 is 24.0 Å². The predicted octanol–water partition coefficient (Wildman–Crippen LogP) is 4.13. The molecule has 0 unspecified atom stereocenters. The molecule has 1 amide bonds. The van der Waals surface area contributed by atoms with Crippen molar-refractivity contribution in [1.29, 1.82) is 0 Å². The Kier molecular flexibility index (Phi) is 12.1. The summed E-state index contributed by atoms with van der Waals surface area (Å²) in [5.74, 6) is 1.32. The van der Waals surface area contributed by atoms with E-state index < -0.39 is 0 Å². The standard InChI is InChI=1S/C24H34N4O.HI/c1-18(2)21-12-10-19(11-13-21)8-6-15-27-24(26-4)28-16-14-20-7-5-9-22(17-20)23(29)25-3;/h5,7,9-13,17-18H,6,8,14-16H2,1-4H3,(H,25,29)(H2,26,27,28);1H. The highest BCUT2D eigenvalue weighted by Crippen LogP contribution is 2.15. The average Bonchev–Trinajstić information content (AvgIpc) is 2.75. The second-order valence-corrected chi connectivity index (χ2v) is 7.46. The van der Waals surface area contributed by atoms with Crippen LogP contribution in [0.25, 0.3) is 0 Å². The van der Waals surface area contributed by atoms with Crippen molar-refractivity contribution in [3.05, 3.63) is 70.8 Å². The third kappa shape index (κ3) is 8.73. The molecule has 2 aromatic carbocycles. The largest absolute Gasteiger partial charge is 0.356 e. The Bertz CT molecular complexity index is 803. The van der Waals surface area contributed by atoms with Gasteiger partial charge < -0.3 is 16.0 Å². The molecule has 0 bridgehead atoms. The first-order valence-electron chi connectivity index (χ1n) is 10.4.